The number of carbonyl (C=O) groups excluding carboxylic acids is 2. The molecule has 1 atom stereocenters. The first-order valence-electron chi connectivity index (χ1n) is 9.37. The molecule has 1 aliphatic rings. The van der Waals surface area contributed by atoms with E-state index in [9.17, 15) is 9.59 Å². The summed E-state index contributed by atoms with van der Waals surface area (Å²) in [4.78, 5) is 31.6. The van der Waals surface area contributed by atoms with Crippen LogP contribution in [-0.2, 0) is 9.59 Å². The number of hydrogen-bond acceptors (Lipinski definition) is 5. The average molecular weight is 424 g/mol. The van der Waals surface area contributed by atoms with Gasteiger partial charge in [0.2, 0.25) is 11.8 Å². The van der Waals surface area contributed by atoms with Crippen molar-refractivity contribution in [1.82, 2.24) is 4.98 Å². The highest BCUT2D eigenvalue weighted by molar-refractivity contribution is 8.01. The molecule has 1 aromatic heterocycles. The monoisotopic (exact) mass is 423 g/mol. The van der Waals surface area contributed by atoms with Crippen LogP contribution in [0.3, 0.4) is 0 Å². The van der Waals surface area contributed by atoms with E-state index in [-0.39, 0.29) is 30.0 Å². The first kappa shape index (κ1) is 19.7. The van der Waals surface area contributed by atoms with E-state index in [1.165, 1.54) is 17.3 Å². The van der Waals surface area contributed by atoms with Crippen molar-refractivity contribution in [3.05, 3.63) is 59.5 Å². The lowest BCUT2D eigenvalue weighted by Crippen LogP contribution is -2.40. The van der Waals surface area contributed by atoms with Gasteiger partial charge in [0, 0.05) is 23.4 Å². The number of aromatic nitrogens is 1. The number of aryl methyl sites for hydroxylation is 1. The molecule has 0 aliphatic carbocycles. The fraction of sp³-hybridized carbons (Fsp3) is 0.227. The van der Waals surface area contributed by atoms with Gasteiger partial charge in [0.1, 0.15) is 0 Å². The second kappa shape index (κ2) is 8.39. The van der Waals surface area contributed by atoms with Gasteiger partial charge in [-0.3, -0.25) is 9.59 Å². The van der Waals surface area contributed by atoms with Gasteiger partial charge in [-0.2, -0.15) is 0 Å². The van der Waals surface area contributed by atoms with Crippen molar-refractivity contribution >= 4 is 46.3 Å². The molecular formula is C22H21N3O2S2. The number of benzene rings is 2. The zero-order chi connectivity index (χ0) is 20.4. The molecule has 0 radical (unpaired) electrons. The van der Waals surface area contributed by atoms with Gasteiger partial charge in [-0.05, 0) is 26.0 Å². The first-order chi connectivity index (χ1) is 14.0. The smallest absolute Gasteiger partial charge is 0.237 e. The molecule has 0 bridgehead atoms. The van der Waals surface area contributed by atoms with Crippen LogP contribution < -0.4 is 10.2 Å². The molecule has 2 amide bonds. The van der Waals surface area contributed by atoms with Crippen LogP contribution in [0, 0.1) is 6.92 Å². The maximum atomic E-state index is 13.1. The summed E-state index contributed by atoms with van der Waals surface area (Å²) in [5, 5.41) is 4.90. The van der Waals surface area contributed by atoms with Gasteiger partial charge < -0.3 is 10.2 Å². The largest absolute Gasteiger partial charge is 0.324 e. The minimum Gasteiger partial charge on any atom is -0.324 e. The summed E-state index contributed by atoms with van der Waals surface area (Å²) >= 11 is 2.98. The number of carbonyl (C=O) groups is 2. The number of nitrogens with one attached hydrogen (secondary N) is 1. The molecule has 0 fully saturated rings. The van der Waals surface area contributed by atoms with Crippen molar-refractivity contribution in [2.45, 2.75) is 30.6 Å². The predicted molar refractivity (Wildman–Crippen MR) is 120 cm³/mol. The lowest BCUT2D eigenvalue weighted by molar-refractivity contribution is -0.117. The third kappa shape index (κ3) is 4.36. The molecule has 1 N–H and O–H groups in total. The van der Waals surface area contributed by atoms with Gasteiger partial charge in [-0.1, -0.05) is 53.7 Å². The van der Waals surface area contributed by atoms with Gasteiger partial charge in [0.15, 0.2) is 4.34 Å². The zero-order valence-electron chi connectivity index (χ0n) is 16.2. The number of hydrogen-bond donors (Lipinski definition) is 1. The standard InChI is InChI=1S/C22H21N3O2S2/c1-14-7-9-16(10-8-14)18-12-28-22(24-18)29-13-21(27)25-15(2)11-20(26)23-17-5-3-4-6-19(17)25/h3-10,12,15H,11,13H2,1-2H3,(H,23,26)/t15-/m0/s1. The molecule has 0 saturated carbocycles. The maximum absolute atomic E-state index is 13.1. The number of thioether (sulfide) groups is 1. The Morgan fingerprint density at radius 3 is 2.79 bits per heavy atom. The van der Waals surface area contributed by atoms with Crippen LogP contribution in [0.15, 0.2) is 58.3 Å². The Balaban J connectivity index is 1.48. The molecule has 2 aromatic carbocycles. The normalized spacial score (nSPS) is 16.1. The third-order valence-electron chi connectivity index (χ3n) is 4.78. The molecule has 1 aliphatic heterocycles. The summed E-state index contributed by atoms with van der Waals surface area (Å²) in [6.07, 6.45) is 0.278. The first-order valence-corrected chi connectivity index (χ1v) is 11.2. The number of amides is 2. The molecule has 0 unspecified atom stereocenters. The minimum absolute atomic E-state index is 0.0291. The fourth-order valence-corrected chi connectivity index (χ4v) is 5.04. The number of anilines is 2. The van der Waals surface area contributed by atoms with Crippen LogP contribution in [0.1, 0.15) is 18.9 Å². The Kier molecular flexibility index (Phi) is 5.69. The highest BCUT2D eigenvalue weighted by Gasteiger charge is 2.29. The van der Waals surface area contributed by atoms with E-state index in [4.69, 9.17) is 0 Å². The molecule has 3 aromatic rings. The van der Waals surface area contributed by atoms with Gasteiger partial charge in [-0.25, -0.2) is 4.98 Å². The average Bonchev–Trinajstić information content (AvgIpc) is 3.12. The van der Waals surface area contributed by atoms with Crippen molar-refractivity contribution in [3.63, 3.8) is 0 Å². The van der Waals surface area contributed by atoms with Crippen molar-refractivity contribution in [2.75, 3.05) is 16.0 Å². The van der Waals surface area contributed by atoms with Crippen molar-refractivity contribution in [3.8, 4) is 11.3 Å². The molecule has 5 nitrogen and oxygen atoms in total. The summed E-state index contributed by atoms with van der Waals surface area (Å²) in [5.74, 6) is 0.169. The van der Waals surface area contributed by atoms with E-state index in [1.807, 2.05) is 36.6 Å². The van der Waals surface area contributed by atoms with E-state index in [0.29, 0.717) is 5.69 Å². The Labute approximate surface area is 178 Å². The van der Waals surface area contributed by atoms with E-state index in [0.717, 1.165) is 21.3 Å². The topological polar surface area (TPSA) is 62.3 Å². The summed E-state index contributed by atoms with van der Waals surface area (Å²) in [7, 11) is 0. The van der Waals surface area contributed by atoms with Crippen LogP contribution >= 0.6 is 23.1 Å². The molecule has 0 saturated heterocycles. The van der Waals surface area contributed by atoms with Crippen LogP contribution in [0.5, 0.6) is 0 Å². The van der Waals surface area contributed by atoms with Crippen LogP contribution in [-0.4, -0.2) is 28.6 Å². The van der Waals surface area contributed by atoms with Gasteiger partial charge in [0.05, 0.1) is 22.8 Å². The van der Waals surface area contributed by atoms with E-state index >= 15 is 0 Å². The highest BCUT2D eigenvalue weighted by Crippen LogP contribution is 2.33. The van der Waals surface area contributed by atoms with Gasteiger partial charge >= 0.3 is 0 Å². The Bertz CT molecular complexity index is 1050. The molecule has 7 heteroatoms. The van der Waals surface area contributed by atoms with Gasteiger partial charge in [0.25, 0.3) is 0 Å². The number of thiazole rings is 1. The van der Waals surface area contributed by atoms with E-state index < -0.39 is 0 Å². The molecule has 2 heterocycles. The summed E-state index contributed by atoms with van der Waals surface area (Å²) in [6, 6.07) is 15.5. The predicted octanol–water partition coefficient (Wildman–Crippen LogP) is 4.97. The molecule has 29 heavy (non-hydrogen) atoms. The second-order valence-corrected chi connectivity index (χ2v) is 9.12. The second-order valence-electron chi connectivity index (χ2n) is 7.04. The van der Waals surface area contributed by atoms with Crippen molar-refractivity contribution < 1.29 is 9.59 Å². The number of nitrogens with zero attached hydrogens (tertiary/aromatic N) is 2. The molecular weight excluding hydrogens is 402 g/mol. The Morgan fingerprint density at radius 2 is 2.00 bits per heavy atom. The minimum atomic E-state index is -0.203. The maximum Gasteiger partial charge on any atom is 0.237 e. The van der Waals surface area contributed by atoms with E-state index in [1.54, 1.807) is 16.2 Å². The number of rotatable bonds is 4. The van der Waals surface area contributed by atoms with Crippen molar-refractivity contribution in [1.29, 1.82) is 0 Å². The SMILES string of the molecule is Cc1ccc(-c2csc(SCC(=O)N3c4ccccc4NC(=O)C[C@@H]3C)n2)cc1. The highest BCUT2D eigenvalue weighted by atomic mass is 32.2. The van der Waals surface area contributed by atoms with Crippen LogP contribution in [0.4, 0.5) is 11.4 Å². The van der Waals surface area contributed by atoms with Crippen molar-refractivity contribution in [2.24, 2.45) is 0 Å². The summed E-state index contributed by atoms with van der Waals surface area (Å²) < 4.78 is 0.860. The number of fused-ring (bicyclic) bond motifs is 1. The lowest BCUT2D eigenvalue weighted by atomic mass is 10.1. The summed E-state index contributed by atoms with van der Waals surface area (Å²) in [6.45, 7) is 3.96. The third-order valence-corrected chi connectivity index (χ3v) is 6.78. The molecule has 0 spiro atoms. The fourth-order valence-electron chi connectivity index (χ4n) is 3.34. The Morgan fingerprint density at radius 1 is 1.24 bits per heavy atom. The zero-order valence-corrected chi connectivity index (χ0v) is 17.8. The van der Waals surface area contributed by atoms with Crippen LogP contribution in [0.25, 0.3) is 11.3 Å². The van der Waals surface area contributed by atoms with E-state index in [2.05, 4.69) is 41.5 Å². The molecule has 4 rings (SSSR count). The Hall–Kier alpha value is -2.64. The van der Waals surface area contributed by atoms with Gasteiger partial charge in [-0.15, -0.1) is 11.3 Å². The van der Waals surface area contributed by atoms with Crippen LogP contribution in [0.2, 0.25) is 0 Å². The molecule has 148 valence electrons. The number of para-hydroxylation sites is 2. The quantitative estimate of drug-likeness (QED) is 0.602. The summed E-state index contributed by atoms with van der Waals surface area (Å²) in [5.41, 5.74) is 4.63. The lowest BCUT2D eigenvalue weighted by Gasteiger charge is -2.27.